The Labute approximate surface area is 637 Å². The van der Waals surface area contributed by atoms with Crippen LogP contribution in [0.15, 0.2) is 11.6 Å². The fourth-order valence-electron chi connectivity index (χ4n) is 19.9. The maximum absolute atomic E-state index is 16.6. The average Bonchev–Trinajstić information content (AvgIpc) is 0.669. The van der Waals surface area contributed by atoms with Crippen molar-refractivity contribution in [3.63, 3.8) is 0 Å². The summed E-state index contributed by atoms with van der Waals surface area (Å²) in [5.74, 6) is -9.95. The van der Waals surface area contributed by atoms with Gasteiger partial charge in [0.05, 0.1) is 68.6 Å². The van der Waals surface area contributed by atoms with Gasteiger partial charge in [-0.25, -0.2) is 4.79 Å². The molecule has 9 fully saturated rings. The van der Waals surface area contributed by atoms with Crippen molar-refractivity contribution in [2.24, 2.45) is 62.1 Å². The molecule has 35 heteroatoms. The number of allylic oxidation sites excluding steroid dienone is 2. The van der Waals surface area contributed by atoms with Crippen molar-refractivity contribution >= 4 is 41.8 Å². The minimum Gasteiger partial charge on any atom is -0.479 e. The first-order valence-electron chi connectivity index (χ1n) is 38.4. The first-order valence-corrected chi connectivity index (χ1v) is 38.4. The molecule has 0 aromatic heterocycles. The predicted molar refractivity (Wildman–Crippen MR) is 368 cm³/mol. The zero-order valence-electron chi connectivity index (χ0n) is 64.7. The van der Waals surface area contributed by atoms with E-state index in [-0.39, 0.29) is 51.0 Å². The van der Waals surface area contributed by atoms with E-state index in [9.17, 15) is 95.2 Å². The largest absolute Gasteiger partial charge is 0.479 e. The zero-order chi connectivity index (χ0) is 81.3. The van der Waals surface area contributed by atoms with Crippen molar-refractivity contribution in [3.8, 4) is 0 Å². The Morgan fingerprint density at radius 1 is 0.527 bits per heavy atom. The fraction of sp³-hybridized carbons (Fsp3) is 0.880. The molecular formula is C75H116O35. The number of carboxylic acid groups (broad SMARTS) is 1. The molecule has 0 radical (unpaired) electrons. The Bertz CT molecular complexity index is 3320. The van der Waals surface area contributed by atoms with Crippen LogP contribution in [0.1, 0.15) is 161 Å². The third-order valence-corrected chi connectivity index (χ3v) is 27.0. The van der Waals surface area contributed by atoms with Gasteiger partial charge in [-0.05, 0) is 119 Å². The first-order chi connectivity index (χ1) is 51.5. The first kappa shape index (κ1) is 87.6. The van der Waals surface area contributed by atoms with Crippen LogP contribution in [-0.4, -0.2) is 301 Å². The smallest absolute Gasteiger partial charge is 0.335 e. The molecule has 10 aliphatic rings. The van der Waals surface area contributed by atoms with Gasteiger partial charge in [-0.3, -0.25) is 28.8 Å². The number of carbonyl (C=O) groups is 7. The second-order valence-corrected chi connectivity index (χ2v) is 33.6. The van der Waals surface area contributed by atoms with Crippen molar-refractivity contribution < 1.29 is 171 Å². The topological polar surface area (TPSA) is 521 Å². The molecule has 626 valence electrons. The summed E-state index contributed by atoms with van der Waals surface area (Å²) in [6, 6.07) is 0. The van der Waals surface area contributed by atoms with Gasteiger partial charge in [0.2, 0.25) is 6.29 Å². The van der Waals surface area contributed by atoms with E-state index < -0.39 is 277 Å². The van der Waals surface area contributed by atoms with E-state index in [1.54, 1.807) is 34.6 Å². The van der Waals surface area contributed by atoms with Crippen LogP contribution in [0.5, 0.6) is 0 Å². The molecule has 0 bridgehead atoms. The number of esters is 6. The Hall–Kier alpha value is -4.81. The Morgan fingerprint density at radius 2 is 1.08 bits per heavy atom. The van der Waals surface area contributed by atoms with Crippen LogP contribution >= 0.6 is 0 Å². The molecule has 10 rings (SSSR count). The molecule has 5 saturated heterocycles. The lowest BCUT2D eigenvalue weighted by Crippen LogP contribution is -2.70. The summed E-state index contributed by atoms with van der Waals surface area (Å²) in [4.78, 5) is 97.6. The highest BCUT2D eigenvalue weighted by Crippen LogP contribution is 2.76. The molecule has 110 heavy (non-hydrogen) atoms. The van der Waals surface area contributed by atoms with Gasteiger partial charge in [0.15, 0.2) is 55.7 Å². The standard InChI is InChI=1S/C75H116O35/c1-15-30(3)61(92)104-53-33(6)99-67(59(57(53)108-64-52(89)48(85)46(83)39(28-77)102-64)109-66-58(100-35(8)79)54(44(81)32(5)98-66)105-62(93)31(4)16-2)110-69(95)75-24-23-70(9,68(94)96-14)25-37(75)36-17-18-41-71(10)21-20-43(72(11,29-97-34(7)78)40(71)19-22-73(41,12)74(36,13)26-42(75)80)103-65-56(50(87)49(86)55(106-65)60(90)91)107-63-51(88)47(84)45(82)38(27-76)101-63/h17,30-33,37-59,63-67,76-77,80-89H,15-16,18-29H2,1-14H3,(H,90,91). The number of fused-ring (bicyclic) bond motifs is 7. The Kier molecular flexibility index (Phi) is 26.9. The molecule has 5 aliphatic heterocycles. The van der Waals surface area contributed by atoms with Gasteiger partial charge in [0, 0.05) is 25.2 Å². The van der Waals surface area contributed by atoms with E-state index in [4.69, 9.17) is 71.1 Å². The second-order valence-electron chi connectivity index (χ2n) is 33.6. The summed E-state index contributed by atoms with van der Waals surface area (Å²) in [6.45, 7) is 19.4. The van der Waals surface area contributed by atoms with E-state index >= 15 is 4.79 Å². The minimum atomic E-state index is -2.16. The molecule has 38 atom stereocenters. The summed E-state index contributed by atoms with van der Waals surface area (Å²) in [5, 5.41) is 145. The number of aliphatic hydroxyl groups excluding tert-OH is 12. The molecule has 5 heterocycles. The third kappa shape index (κ3) is 15.7. The normalized spacial score (nSPS) is 47.9. The summed E-state index contributed by atoms with van der Waals surface area (Å²) in [6.07, 6.45) is -45.6. The number of methoxy groups -OCH3 is 1. The van der Waals surface area contributed by atoms with E-state index in [2.05, 4.69) is 13.8 Å². The summed E-state index contributed by atoms with van der Waals surface area (Å²) in [5.41, 5.74) is -6.37. The number of carbonyl (C=O) groups excluding carboxylic acids is 6. The number of hydrogen-bond acceptors (Lipinski definition) is 34. The molecule has 13 N–H and O–H groups in total. The van der Waals surface area contributed by atoms with Gasteiger partial charge >= 0.3 is 41.8 Å². The van der Waals surface area contributed by atoms with Crippen molar-refractivity contribution in [2.45, 2.75) is 326 Å². The maximum atomic E-state index is 16.6. The maximum Gasteiger partial charge on any atom is 0.335 e. The third-order valence-electron chi connectivity index (χ3n) is 27.0. The Balaban J connectivity index is 1.04. The van der Waals surface area contributed by atoms with Crippen LogP contribution in [0, 0.1) is 62.1 Å². The van der Waals surface area contributed by atoms with Gasteiger partial charge in [0.25, 0.3) is 0 Å². The second kappa shape index (κ2) is 33.8. The molecule has 35 nitrogen and oxygen atoms in total. The molecule has 5 aliphatic carbocycles. The van der Waals surface area contributed by atoms with Crippen molar-refractivity contribution in [2.75, 3.05) is 26.9 Å². The van der Waals surface area contributed by atoms with Crippen molar-refractivity contribution in [1.82, 2.24) is 0 Å². The summed E-state index contributed by atoms with van der Waals surface area (Å²) >= 11 is 0. The highest BCUT2D eigenvalue weighted by atomic mass is 16.8. The lowest BCUT2D eigenvalue weighted by molar-refractivity contribution is -0.386. The fourth-order valence-corrected chi connectivity index (χ4v) is 19.9. The van der Waals surface area contributed by atoms with Crippen LogP contribution in [0.25, 0.3) is 0 Å². The van der Waals surface area contributed by atoms with Crippen molar-refractivity contribution in [1.29, 1.82) is 0 Å². The van der Waals surface area contributed by atoms with Crippen LogP contribution in [-0.2, 0) is 105 Å². The molecule has 0 amide bonds. The Morgan fingerprint density at radius 3 is 1.63 bits per heavy atom. The highest BCUT2D eigenvalue weighted by molar-refractivity contribution is 5.82. The average molecular weight is 1580 g/mol. The number of carboxylic acids is 1. The van der Waals surface area contributed by atoms with Gasteiger partial charge in [0.1, 0.15) is 84.8 Å². The minimum absolute atomic E-state index is 0.0472. The summed E-state index contributed by atoms with van der Waals surface area (Å²) in [7, 11) is 1.24. The predicted octanol–water partition coefficient (Wildman–Crippen LogP) is -0.632. The van der Waals surface area contributed by atoms with Gasteiger partial charge in [-0.1, -0.05) is 67.0 Å². The SMILES string of the molecule is CCC(C)C(=O)OC1C(C)OC(OC(=O)C23CCC(C)(C(=O)OC)CC2C2=CCC4C5(C)CCC(OC6OC(C(=O)O)C(O)C(O)C6OC6OC(CO)C(O)C(O)C6O)C(C)(COC(C)=O)C5CCC4(C)C2(C)CC3O)C(OC2OC(C)C(O)C(OC(=O)C(C)CC)C2OC(C)=O)C1OC1OC(CO)C(O)C(O)C1O. The molecule has 0 aromatic carbocycles. The molecular weight excluding hydrogens is 1460 g/mol. The van der Waals surface area contributed by atoms with E-state index in [0.29, 0.717) is 37.7 Å². The van der Waals surface area contributed by atoms with Gasteiger partial charge in [-0.2, -0.15) is 0 Å². The van der Waals surface area contributed by atoms with E-state index in [1.165, 1.54) is 27.9 Å². The number of hydrogen-bond donors (Lipinski definition) is 13. The van der Waals surface area contributed by atoms with Crippen molar-refractivity contribution in [3.05, 3.63) is 11.6 Å². The van der Waals surface area contributed by atoms with Crippen LogP contribution in [0.4, 0.5) is 0 Å². The van der Waals surface area contributed by atoms with E-state index in [0.717, 1.165) is 6.92 Å². The lowest BCUT2D eigenvalue weighted by atomic mass is 9.33. The van der Waals surface area contributed by atoms with Gasteiger partial charge in [-0.15, -0.1) is 0 Å². The van der Waals surface area contributed by atoms with Crippen LogP contribution < -0.4 is 0 Å². The quantitative estimate of drug-likeness (QED) is 0.0262. The lowest BCUT2D eigenvalue weighted by Gasteiger charge is -2.72. The van der Waals surface area contributed by atoms with Crippen LogP contribution in [0.3, 0.4) is 0 Å². The molecule has 38 unspecified atom stereocenters. The number of aliphatic carboxylic acids is 1. The number of ether oxygens (including phenoxy) is 15. The van der Waals surface area contributed by atoms with Crippen LogP contribution in [0.2, 0.25) is 0 Å². The molecule has 0 aromatic rings. The number of aliphatic hydroxyl groups is 12. The van der Waals surface area contributed by atoms with Gasteiger partial charge < -0.3 is 137 Å². The summed E-state index contributed by atoms with van der Waals surface area (Å²) < 4.78 is 92.6. The monoisotopic (exact) mass is 1580 g/mol. The molecule has 0 spiro atoms. The number of rotatable bonds is 23. The van der Waals surface area contributed by atoms with E-state index in [1.807, 2.05) is 19.9 Å². The highest BCUT2D eigenvalue weighted by Gasteiger charge is 2.74. The zero-order valence-corrected chi connectivity index (χ0v) is 64.7. The molecule has 4 saturated carbocycles.